The highest BCUT2D eigenvalue weighted by Crippen LogP contribution is 2.21. The Morgan fingerprint density at radius 2 is 2.20 bits per heavy atom. The highest BCUT2D eigenvalue weighted by atomic mass is 16.5. The van der Waals surface area contributed by atoms with E-state index in [0.717, 1.165) is 32.5 Å². The van der Waals surface area contributed by atoms with Crippen LogP contribution < -0.4 is 5.32 Å². The first-order chi connectivity index (χ1) is 7.18. The van der Waals surface area contributed by atoms with E-state index in [4.69, 9.17) is 4.74 Å². The lowest BCUT2D eigenvalue weighted by molar-refractivity contribution is -0.145. The topological polar surface area (TPSA) is 41.6 Å². The molecule has 3 atom stereocenters. The first-order valence-electron chi connectivity index (χ1n) is 5.85. The Balaban J connectivity index is 1.94. The van der Waals surface area contributed by atoms with Crippen LogP contribution in [0.4, 0.5) is 0 Å². The normalized spacial score (nSPS) is 36.9. The number of hydrogen-bond acceptors (Lipinski definition) is 3. The molecule has 1 N–H and O–H groups in total. The largest absolute Gasteiger partial charge is 0.365 e. The maximum absolute atomic E-state index is 12.1. The summed E-state index contributed by atoms with van der Waals surface area (Å²) in [6, 6.07) is 0.297. The molecule has 1 amide bonds. The third kappa shape index (κ3) is 2.32. The summed E-state index contributed by atoms with van der Waals surface area (Å²) < 4.78 is 5.61. The average Bonchev–Trinajstić information content (AvgIpc) is 2.65. The first-order valence-corrected chi connectivity index (χ1v) is 5.85. The van der Waals surface area contributed by atoms with Crippen LogP contribution in [0.15, 0.2) is 0 Å². The van der Waals surface area contributed by atoms with Crippen LogP contribution >= 0.6 is 0 Å². The fraction of sp³-hybridized carbons (Fsp3) is 0.909. The van der Waals surface area contributed by atoms with E-state index < -0.39 is 0 Å². The van der Waals surface area contributed by atoms with Gasteiger partial charge in [-0.1, -0.05) is 0 Å². The van der Waals surface area contributed by atoms with E-state index in [1.54, 1.807) is 0 Å². The Morgan fingerprint density at radius 1 is 1.40 bits per heavy atom. The van der Waals surface area contributed by atoms with Crippen LogP contribution in [-0.4, -0.2) is 48.7 Å². The molecule has 4 heteroatoms. The molecule has 0 radical (unpaired) electrons. The van der Waals surface area contributed by atoms with Crippen molar-refractivity contribution in [3.8, 4) is 0 Å². The van der Waals surface area contributed by atoms with Gasteiger partial charge in [0.1, 0.15) is 6.10 Å². The molecule has 2 aliphatic heterocycles. The molecule has 2 aliphatic rings. The van der Waals surface area contributed by atoms with Gasteiger partial charge < -0.3 is 15.0 Å². The Kier molecular flexibility index (Phi) is 3.26. The molecule has 86 valence electrons. The highest BCUT2D eigenvalue weighted by molar-refractivity contribution is 5.81. The van der Waals surface area contributed by atoms with Crippen LogP contribution in [0.2, 0.25) is 0 Å². The molecule has 2 heterocycles. The number of amides is 1. The van der Waals surface area contributed by atoms with Crippen molar-refractivity contribution in [1.82, 2.24) is 10.2 Å². The SMILES string of the molecule is CC1CCC(C(=O)N2CCNC[C@@H]2C)O1. The molecule has 0 saturated carbocycles. The second-order valence-electron chi connectivity index (χ2n) is 4.60. The van der Waals surface area contributed by atoms with E-state index in [0.29, 0.717) is 6.04 Å². The third-order valence-corrected chi connectivity index (χ3v) is 3.29. The second kappa shape index (κ2) is 4.49. The molecule has 0 aromatic heterocycles. The van der Waals surface area contributed by atoms with E-state index in [2.05, 4.69) is 12.2 Å². The van der Waals surface area contributed by atoms with Gasteiger partial charge in [0, 0.05) is 25.7 Å². The summed E-state index contributed by atoms with van der Waals surface area (Å²) in [4.78, 5) is 14.1. The van der Waals surface area contributed by atoms with Crippen molar-refractivity contribution in [2.45, 2.75) is 44.9 Å². The predicted octanol–water partition coefficient (Wildman–Crippen LogP) is 0.374. The van der Waals surface area contributed by atoms with Crippen LogP contribution in [0.1, 0.15) is 26.7 Å². The van der Waals surface area contributed by atoms with Gasteiger partial charge in [0.25, 0.3) is 5.91 Å². The van der Waals surface area contributed by atoms with Crippen LogP contribution in [0.3, 0.4) is 0 Å². The van der Waals surface area contributed by atoms with Gasteiger partial charge in [0.05, 0.1) is 6.10 Å². The Bertz CT molecular complexity index is 245. The van der Waals surface area contributed by atoms with Crippen LogP contribution in [0.25, 0.3) is 0 Å². The van der Waals surface area contributed by atoms with E-state index in [9.17, 15) is 4.79 Å². The minimum Gasteiger partial charge on any atom is -0.365 e. The van der Waals surface area contributed by atoms with Crippen molar-refractivity contribution < 1.29 is 9.53 Å². The van der Waals surface area contributed by atoms with Crippen molar-refractivity contribution in [3.05, 3.63) is 0 Å². The molecule has 0 aromatic carbocycles. The number of rotatable bonds is 1. The lowest BCUT2D eigenvalue weighted by Crippen LogP contribution is -2.54. The standard InChI is InChI=1S/C11H20N2O2/c1-8-7-12-5-6-13(8)11(14)10-4-3-9(2)15-10/h8-10,12H,3-7H2,1-2H3/t8-,9?,10?/m0/s1. The number of nitrogens with one attached hydrogen (secondary N) is 1. The molecule has 0 aliphatic carbocycles. The lowest BCUT2D eigenvalue weighted by atomic mass is 10.1. The molecular weight excluding hydrogens is 192 g/mol. The zero-order valence-electron chi connectivity index (χ0n) is 9.53. The third-order valence-electron chi connectivity index (χ3n) is 3.29. The number of hydrogen-bond donors (Lipinski definition) is 1. The number of nitrogens with zero attached hydrogens (tertiary/aromatic N) is 1. The lowest BCUT2D eigenvalue weighted by Gasteiger charge is -2.35. The van der Waals surface area contributed by atoms with E-state index in [-0.39, 0.29) is 18.1 Å². The molecule has 2 unspecified atom stereocenters. The molecule has 4 nitrogen and oxygen atoms in total. The van der Waals surface area contributed by atoms with Crippen molar-refractivity contribution >= 4 is 5.91 Å². The molecule has 0 spiro atoms. The predicted molar refractivity (Wildman–Crippen MR) is 57.6 cm³/mol. The van der Waals surface area contributed by atoms with Gasteiger partial charge in [-0.25, -0.2) is 0 Å². The summed E-state index contributed by atoms with van der Waals surface area (Å²) in [5.41, 5.74) is 0. The number of carbonyl (C=O) groups excluding carboxylic acids is 1. The second-order valence-corrected chi connectivity index (χ2v) is 4.60. The molecule has 0 aromatic rings. The molecule has 15 heavy (non-hydrogen) atoms. The Labute approximate surface area is 91.0 Å². The van der Waals surface area contributed by atoms with Gasteiger partial charge >= 0.3 is 0 Å². The number of ether oxygens (including phenoxy) is 1. The van der Waals surface area contributed by atoms with Crippen molar-refractivity contribution in [3.63, 3.8) is 0 Å². The Morgan fingerprint density at radius 3 is 2.80 bits per heavy atom. The first kappa shape index (κ1) is 10.9. The van der Waals surface area contributed by atoms with Crippen molar-refractivity contribution in [2.24, 2.45) is 0 Å². The summed E-state index contributed by atoms with van der Waals surface area (Å²) >= 11 is 0. The maximum atomic E-state index is 12.1. The number of carbonyl (C=O) groups is 1. The van der Waals surface area contributed by atoms with E-state index >= 15 is 0 Å². The smallest absolute Gasteiger partial charge is 0.252 e. The minimum atomic E-state index is -0.180. The number of piperazine rings is 1. The summed E-state index contributed by atoms with van der Waals surface area (Å²) in [6.07, 6.45) is 1.96. The molecule has 2 saturated heterocycles. The van der Waals surface area contributed by atoms with Crippen LogP contribution in [0, 0.1) is 0 Å². The molecule has 2 rings (SSSR count). The monoisotopic (exact) mass is 212 g/mol. The van der Waals surface area contributed by atoms with Crippen molar-refractivity contribution in [1.29, 1.82) is 0 Å². The van der Waals surface area contributed by atoms with E-state index in [1.165, 1.54) is 0 Å². The highest BCUT2D eigenvalue weighted by Gasteiger charge is 2.34. The van der Waals surface area contributed by atoms with Gasteiger partial charge in [-0.15, -0.1) is 0 Å². The van der Waals surface area contributed by atoms with Gasteiger partial charge in [0.15, 0.2) is 0 Å². The summed E-state index contributed by atoms with van der Waals surface area (Å²) in [7, 11) is 0. The molecular formula is C11H20N2O2. The van der Waals surface area contributed by atoms with Crippen LogP contribution in [-0.2, 0) is 9.53 Å². The van der Waals surface area contributed by atoms with E-state index in [1.807, 2.05) is 11.8 Å². The van der Waals surface area contributed by atoms with Crippen molar-refractivity contribution in [2.75, 3.05) is 19.6 Å². The average molecular weight is 212 g/mol. The Hall–Kier alpha value is -0.610. The van der Waals surface area contributed by atoms with Crippen LogP contribution in [0.5, 0.6) is 0 Å². The zero-order chi connectivity index (χ0) is 10.8. The molecule has 2 fully saturated rings. The summed E-state index contributed by atoms with van der Waals surface area (Å²) in [6.45, 7) is 6.73. The van der Waals surface area contributed by atoms with Gasteiger partial charge in [-0.05, 0) is 26.7 Å². The minimum absolute atomic E-state index is 0.180. The zero-order valence-corrected chi connectivity index (χ0v) is 9.53. The summed E-state index contributed by atoms with van der Waals surface area (Å²) in [5, 5.41) is 3.28. The fourth-order valence-electron chi connectivity index (χ4n) is 2.34. The van der Waals surface area contributed by atoms with Gasteiger partial charge in [-0.3, -0.25) is 4.79 Å². The fourth-order valence-corrected chi connectivity index (χ4v) is 2.34. The van der Waals surface area contributed by atoms with Gasteiger partial charge in [-0.2, -0.15) is 0 Å². The quantitative estimate of drug-likeness (QED) is 0.683. The maximum Gasteiger partial charge on any atom is 0.252 e. The summed E-state index contributed by atoms with van der Waals surface area (Å²) in [5.74, 6) is 0.188. The van der Waals surface area contributed by atoms with Gasteiger partial charge in [0.2, 0.25) is 0 Å². The molecule has 0 bridgehead atoms.